The predicted molar refractivity (Wildman–Crippen MR) is 74.2 cm³/mol. The summed E-state index contributed by atoms with van der Waals surface area (Å²) in [6.07, 6.45) is 7.39. The van der Waals surface area contributed by atoms with Gasteiger partial charge in [0.25, 0.3) is 5.91 Å². The first-order chi connectivity index (χ1) is 9.72. The summed E-state index contributed by atoms with van der Waals surface area (Å²) in [5, 5.41) is 0. The van der Waals surface area contributed by atoms with E-state index in [1.165, 1.54) is 13.5 Å². The highest BCUT2D eigenvalue weighted by atomic mass is 16.5. The Bertz CT molecular complexity index is 333. The van der Waals surface area contributed by atoms with Crippen molar-refractivity contribution < 1.29 is 19.1 Å². The first-order valence-electron chi connectivity index (χ1n) is 7.71. The molecule has 1 aliphatic carbocycles. The molecule has 1 amide bonds. The molecule has 20 heavy (non-hydrogen) atoms. The first kappa shape index (κ1) is 15.3. The van der Waals surface area contributed by atoms with Crippen LogP contribution in [-0.2, 0) is 19.1 Å². The fraction of sp³-hybridized carbons (Fsp3) is 0.867. The largest absolute Gasteiger partial charge is 0.469 e. The number of ether oxygens (including phenoxy) is 2. The lowest BCUT2D eigenvalue weighted by molar-refractivity contribution is -0.146. The van der Waals surface area contributed by atoms with E-state index in [2.05, 4.69) is 4.74 Å². The van der Waals surface area contributed by atoms with Gasteiger partial charge in [0.1, 0.15) is 6.10 Å². The van der Waals surface area contributed by atoms with Gasteiger partial charge in [-0.2, -0.15) is 0 Å². The molecule has 5 heteroatoms. The molecule has 114 valence electrons. The van der Waals surface area contributed by atoms with Gasteiger partial charge in [0.2, 0.25) is 0 Å². The van der Waals surface area contributed by atoms with Crippen molar-refractivity contribution >= 4 is 11.9 Å². The number of methoxy groups -OCH3 is 1. The maximum Gasteiger partial charge on any atom is 0.307 e. The molecule has 2 aliphatic rings. The molecule has 2 rings (SSSR count). The molecule has 1 unspecified atom stereocenters. The number of carbonyl (C=O) groups excluding carboxylic acids is 2. The van der Waals surface area contributed by atoms with E-state index >= 15 is 0 Å². The summed E-state index contributed by atoms with van der Waals surface area (Å²) in [6, 6.07) is 0.269. The maximum absolute atomic E-state index is 12.6. The Kier molecular flexibility index (Phi) is 5.83. The highest BCUT2D eigenvalue weighted by Gasteiger charge is 2.33. The summed E-state index contributed by atoms with van der Waals surface area (Å²) in [5.41, 5.74) is 0. The van der Waals surface area contributed by atoms with Gasteiger partial charge in [0.05, 0.1) is 13.5 Å². The lowest BCUT2D eigenvalue weighted by atomic mass is 9.93. The maximum atomic E-state index is 12.6. The van der Waals surface area contributed by atoms with Gasteiger partial charge in [-0.3, -0.25) is 9.59 Å². The van der Waals surface area contributed by atoms with E-state index in [4.69, 9.17) is 4.74 Å². The molecule has 1 heterocycles. The Morgan fingerprint density at radius 1 is 1.15 bits per heavy atom. The molecule has 2 fully saturated rings. The predicted octanol–water partition coefficient (Wildman–Crippen LogP) is 1.89. The third kappa shape index (κ3) is 3.95. The van der Waals surface area contributed by atoms with Crippen molar-refractivity contribution in [2.24, 2.45) is 0 Å². The average Bonchev–Trinajstić information content (AvgIpc) is 3.02. The number of rotatable bonds is 5. The minimum Gasteiger partial charge on any atom is -0.469 e. The quantitative estimate of drug-likeness (QED) is 0.723. The molecule has 5 nitrogen and oxygen atoms in total. The molecule has 1 saturated heterocycles. The van der Waals surface area contributed by atoms with Gasteiger partial charge in [-0.25, -0.2) is 0 Å². The van der Waals surface area contributed by atoms with Crippen LogP contribution in [0.25, 0.3) is 0 Å². The highest BCUT2D eigenvalue weighted by molar-refractivity contribution is 5.82. The number of carbonyl (C=O) groups is 2. The fourth-order valence-electron chi connectivity index (χ4n) is 3.14. The van der Waals surface area contributed by atoms with Crippen molar-refractivity contribution in [1.29, 1.82) is 0 Å². The van der Waals surface area contributed by atoms with Gasteiger partial charge in [0.15, 0.2) is 0 Å². The number of hydrogen-bond acceptors (Lipinski definition) is 4. The third-order valence-corrected chi connectivity index (χ3v) is 4.29. The summed E-state index contributed by atoms with van der Waals surface area (Å²) >= 11 is 0. The molecule has 0 radical (unpaired) electrons. The summed E-state index contributed by atoms with van der Waals surface area (Å²) in [6.45, 7) is 1.13. The Hall–Kier alpha value is -1.10. The minimum atomic E-state index is -0.297. The third-order valence-electron chi connectivity index (χ3n) is 4.29. The van der Waals surface area contributed by atoms with Crippen LogP contribution in [0.1, 0.15) is 51.4 Å². The zero-order valence-electron chi connectivity index (χ0n) is 12.3. The van der Waals surface area contributed by atoms with Crippen molar-refractivity contribution in [2.75, 3.05) is 20.3 Å². The number of amides is 1. The van der Waals surface area contributed by atoms with Gasteiger partial charge in [-0.1, -0.05) is 19.3 Å². The molecule has 0 aromatic carbocycles. The molecule has 0 aromatic rings. The summed E-state index contributed by atoms with van der Waals surface area (Å²) in [7, 11) is 1.38. The number of nitrogens with zero attached hydrogens (tertiary/aromatic N) is 1. The van der Waals surface area contributed by atoms with Crippen LogP contribution in [0.5, 0.6) is 0 Å². The molecule has 0 bridgehead atoms. The van der Waals surface area contributed by atoms with E-state index in [-0.39, 0.29) is 30.4 Å². The second-order valence-corrected chi connectivity index (χ2v) is 5.65. The van der Waals surface area contributed by atoms with Gasteiger partial charge >= 0.3 is 5.97 Å². The van der Waals surface area contributed by atoms with Crippen LogP contribution in [0.4, 0.5) is 0 Å². The molecule has 0 spiro atoms. The molecule has 1 saturated carbocycles. The van der Waals surface area contributed by atoms with Crippen LogP contribution in [0.3, 0.4) is 0 Å². The van der Waals surface area contributed by atoms with E-state index in [1.807, 2.05) is 4.90 Å². The Morgan fingerprint density at radius 2 is 1.90 bits per heavy atom. The number of esters is 1. The minimum absolute atomic E-state index is 0.0679. The van der Waals surface area contributed by atoms with Crippen LogP contribution in [0, 0.1) is 0 Å². The van der Waals surface area contributed by atoms with Crippen LogP contribution < -0.4 is 0 Å². The SMILES string of the molecule is COC(=O)CCN(C(=O)C1CCCO1)C1CCCCC1. The summed E-state index contributed by atoms with van der Waals surface area (Å²) in [5.74, 6) is -0.191. The first-order valence-corrected chi connectivity index (χ1v) is 7.71. The Morgan fingerprint density at radius 3 is 2.50 bits per heavy atom. The topological polar surface area (TPSA) is 55.8 Å². The van der Waals surface area contributed by atoms with Crippen LogP contribution in [-0.4, -0.2) is 49.2 Å². The molecular formula is C15H25NO4. The normalized spacial score (nSPS) is 23.6. The summed E-state index contributed by atoms with van der Waals surface area (Å²) in [4.78, 5) is 25.8. The standard InChI is InChI=1S/C15H25NO4/c1-19-14(17)9-10-16(12-6-3-2-4-7-12)15(18)13-8-5-11-20-13/h12-13H,2-11H2,1H3. The van der Waals surface area contributed by atoms with Crippen LogP contribution in [0.15, 0.2) is 0 Å². The lowest BCUT2D eigenvalue weighted by Crippen LogP contribution is -2.47. The van der Waals surface area contributed by atoms with E-state index in [0.29, 0.717) is 13.2 Å². The van der Waals surface area contributed by atoms with Gasteiger partial charge in [0, 0.05) is 19.2 Å². The second-order valence-electron chi connectivity index (χ2n) is 5.65. The zero-order valence-corrected chi connectivity index (χ0v) is 12.3. The van der Waals surface area contributed by atoms with Crippen molar-refractivity contribution in [3.05, 3.63) is 0 Å². The number of hydrogen-bond donors (Lipinski definition) is 0. The van der Waals surface area contributed by atoms with Crippen LogP contribution >= 0.6 is 0 Å². The monoisotopic (exact) mass is 283 g/mol. The molecule has 0 aromatic heterocycles. The molecular weight excluding hydrogens is 258 g/mol. The fourth-order valence-corrected chi connectivity index (χ4v) is 3.14. The second kappa shape index (κ2) is 7.62. The Balaban J connectivity index is 1.97. The van der Waals surface area contributed by atoms with Crippen LogP contribution in [0.2, 0.25) is 0 Å². The van der Waals surface area contributed by atoms with E-state index in [0.717, 1.165) is 38.5 Å². The van der Waals surface area contributed by atoms with Crippen molar-refractivity contribution in [3.63, 3.8) is 0 Å². The van der Waals surface area contributed by atoms with E-state index in [9.17, 15) is 9.59 Å². The van der Waals surface area contributed by atoms with Crippen molar-refractivity contribution in [1.82, 2.24) is 4.90 Å². The smallest absolute Gasteiger partial charge is 0.307 e. The summed E-state index contributed by atoms with van der Waals surface area (Å²) < 4.78 is 10.2. The van der Waals surface area contributed by atoms with Gasteiger partial charge < -0.3 is 14.4 Å². The molecule has 1 aliphatic heterocycles. The van der Waals surface area contributed by atoms with Gasteiger partial charge in [-0.05, 0) is 25.7 Å². The zero-order chi connectivity index (χ0) is 14.4. The molecule has 1 atom stereocenters. The highest BCUT2D eigenvalue weighted by Crippen LogP contribution is 2.25. The average molecular weight is 283 g/mol. The Labute approximate surface area is 120 Å². The van der Waals surface area contributed by atoms with E-state index < -0.39 is 0 Å². The molecule has 0 N–H and O–H groups in total. The van der Waals surface area contributed by atoms with Crippen molar-refractivity contribution in [2.45, 2.75) is 63.5 Å². The lowest BCUT2D eigenvalue weighted by Gasteiger charge is -2.35. The van der Waals surface area contributed by atoms with Gasteiger partial charge in [-0.15, -0.1) is 0 Å². The van der Waals surface area contributed by atoms with Crippen molar-refractivity contribution in [3.8, 4) is 0 Å². The van der Waals surface area contributed by atoms with E-state index in [1.54, 1.807) is 0 Å².